The molecule has 31 heavy (non-hydrogen) atoms. The number of aryl methyl sites for hydroxylation is 1. The summed E-state index contributed by atoms with van der Waals surface area (Å²) in [6.07, 6.45) is 5.27. The third-order valence-electron chi connectivity index (χ3n) is 5.71. The van der Waals surface area contributed by atoms with Crippen molar-refractivity contribution in [1.29, 1.82) is 0 Å². The molecule has 2 N–H and O–H groups in total. The van der Waals surface area contributed by atoms with Gasteiger partial charge >= 0.3 is 0 Å². The zero-order chi connectivity index (χ0) is 22.0. The minimum atomic E-state index is -0.380. The highest BCUT2D eigenvalue weighted by atomic mass is 19.1. The van der Waals surface area contributed by atoms with Crippen molar-refractivity contribution in [2.75, 3.05) is 20.1 Å². The van der Waals surface area contributed by atoms with E-state index >= 15 is 0 Å². The number of hydrogen-bond donors (Lipinski definition) is 2. The summed E-state index contributed by atoms with van der Waals surface area (Å²) in [7, 11) is 1.53. The van der Waals surface area contributed by atoms with Gasteiger partial charge in [-0.3, -0.25) is 19.5 Å². The number of benzene rings is 1. The van der Waals surface area contributed by atoms with Crippen LogP contribution in [0.15, 0.2) is 47.4 Å². The fourth-order valence-corrected chi connectivity index (χ4v) is 3.93. The van der Waals surface area contributed by atoms with Gasteiger partial charge in [-0.05, 0) is 48.2 Å². The number of fused-ring (bicyclic) bond motifs is 1. The predicted molar refractivity (Wildman–Crippen MR) is 119 cm³/mol. The first-order chi connectivity index (χ1) is 15.0. The predicted octanol–water partition coefficient (Wildman–Crippen LogP) is 3.27. The summed E-state index contributed by atoms with van der Waals surface area (Å²) in [4.78, 5) is 33.4. The van der Waals surface area contributed by atoms with Crippen molar-refractivity contribution in [2.45, 2.75) is 26.3 Å². The minimum absolute atomic E-state index is 0.0658. The summed E-state index contributed by atoms with van der Waals surface area (Å²) in [6, 6.07) is 8.43. The normalized spacial score (nSPS) is 14.5. The van der Waals surface area contributed by atoms with Crippen LogP contribution in [0.5, 0.6) is 0 Å². The number of nitrogens with one attached hydrogen (secondary N) is 2. The smallest absolute Gasteiger partial charge is 0.251 e. The van der Waals surface area contributed by atoms with E-state index in [1.807, 2.05) is 31.3 Å². The molecule has 0 atom stereocenters. The highest BCUT2D eigenvalue weighted by molar-refractivity contribution is 5.94. The lowest BCUT2D eigenvalue weighted by atomic mass is 9.97. The maximum atomic E-state index is 14.5. The second-order valence-electron chi connectivity index (χ2n) is 7.74. The molecule has 3 aromatic rings. The van der Waals surface area contributed by atoms with Gasteiger partial charge < -0.3 is 10.3 Å². The molecular weight excluding hydrogens is 395 g/mol. The van der Waals surface area contributed by atoms with Gasteiger partial charge in [0.15, 0.2) is 0 Å². The molecule has 0 fully saturated rings. The molecule has 1 aliphatic heterocycles. The van der Waals surface area contributed by atoms with Gasteiger partial charge in [-0.25, -0.2) is 4.39 Å². The average Bonchev–Trinajstić information content (AvgIpc) is 2.78. The Morgan fingerprint density at radius 3 is 2.81 bits per heavy atom. The summed E-state index contributed by atoms with van der Waals surface area (Å²) in [5, 5.41) is 2.50. The number of nitrogens with zero attached hydrogens (tertiary/aromatic N) is 2. The lowest BCUT2D eigenvalue weighted by molar-refractivity contribution is 0.0962. The zero-order valence-electron chi connectivity index (χ0n) is 17.7. The molecule has 2 aromatic heterocycles. The standard InChI is InChI=1S/C24H25FN4O2/c1-3-16-12-21-22(28-24(16)31)10-15(13-27-21)14-29-8-6-17(7-9-29)19-5-4-18(11-20(19)25)23(30)26-2/h4-6,10-13H,3,7-9,14H2,1-2H3,(H,26,30)(H,28,31). The first kappa shape index (κ1) is 20.9. The summed E-state index contributed by atoms with van der Waals surface area (Å²) < 4.78 is 14.5. The lowest BCUT2D eigenvalue weighted by Crippen LogP contribution is -2.28. The summed E-state index contributed by atoms with van der Waals surface area (Å²) in [6.45, 7) is 4.12. The highest BCUT2D eigenvalue weighted by Crippen LogP contribution is 2.26. The maximum Gasteiger partial charge on any atom is 0.251 e. The van der Waals surface area contributed by atoms with Gasteiger partial charge in [0.05, 0.1) is 11.0 Å². The van der Waals surface area contributed by atoms with Crippen molar-refractivity contribution >= 4 is 22.5 Å². The fourth-order valence-electron chi connectivity index (χ4n) is 3.93. The minimum Gasteiger partial charge on any atom is -0.355 e. The van der Waals surface area contributed by atoms with Crippen molar-refractivity contribution in [3.8, 4) is 0 Å². The number of aromatic amines is 1. The number of rotatable bonds is 5. The van der Waals surface area contributed by atoms with Gasteiger partial charge in [0.1, 0.15) is 5.82 Å². The van der Waals surface area contributed by atoms with Crippen LogP contribution in [-0.4, -0.2) is 40.9 Å². The third-order valence-corrected chi connectivity index (χ3v) is 5.71. The van der Waals surface area contributed by atoms with E-state index in [4.69, 9.17) is 0 Å². The van der Waals surface area contributed by atoms with Crippen LogP contribution in [0, 0.1) is 5.82 Å². The maximum absolute atomic E-state index is 14.5. The number of H-pyrrole nitrogens is 1. The zero-order valence-corrected chi connectivity index (χ0v) is 17.7. The molecule has 1 aliphatic rings. The fraction of sp³-hybridized carbons (Fsp3) is 0.292. The van der Waals surface area contributed by atoms with Crippen LogP contribution in [-0.2, 0) is 13.0 Å². The van der Waals surface area contributed by atoms with E-state index in [0.717, 1.165) is 34.3 Å². The van der Waals surface area contributed by atoms with Crippen LogP contribution in [0.2, 0.25) is 0 Å². The van der Waals surface area contributed by atoms with Gasteiger partial charge in [0, 0.05) is 49.6 Å². The molecule has 3 heterocycles. The number of carbonyl (C=O) groups is 1. The summed E-state index contributed by atoms with van der Waals surface area (Å²) in [5.41, 5.74) is 5.03. The Labute approximate surface area is 179 Å². The molecule has 0 radical (unpaired) electrons. The van der Waals surface area contributed by atoms with Crippen LogP contribution in [0.1, 0.15) is 40.4 Å². The molecule has 0 saturated heterocycles. The number of hydrogen-bond acceptors (Lipinski definition) is 4. The highest BCUT2D eigenvalue weighted by Gasteiger charge is 2.17. The van der Waals surface area contributed by atoms with Crippen LogP contribution < -0.4 is 10.9 Å². The Morgan fingerprint density at radius 2 is 2.13 bits per heavy atom. The van der Waals surface area contributed by atoms with Gasteiger partial charge in [0.2, 0.25) is 0 Å². The third kappa shape index (κ3) is 4.41. The van der Waals surface area contributed by atoms with Crippen molar-refractivity contribution in [2.24, 2.45) is 0 Å². The van der Waals surface area contributed by atoms with E-state index in [0.29, 0.717) is 37.1 Å². The topological polar surface area (TPSA) is 78.1 Å². The van der Waals surface area contributed by atoms with Gasteiger partial charge in [-0.15, -0.1) is 0 Å². The van der Waals surface area contributed by atoms with E-state index in [2.05, 4.69) is 20.2 Å². The Kier molecular flexibility index (Phi) is 5.95. The number of aromatic nitrogens is 2. The molecule has 0 spiro atoms. The molecule has 6 nitrogen and oxygen atoms in total. The quantitative estimate of drug-likeness (QED) is 0.664. The first-order valence-electron chi connectivity index (χ1n) is 10.4. The average molecular weight is 420 g/mol. The molecule has 7 heteroatoms. The second-order valence-corrected chi connectivity index (χ2v) is 7.74. The van der Waals surface area contributed by atoms with E-state index in [1.54, 1.807) is 12.1 Å². The monoisotopic (exact) mass is 420 g/mol. The molecule has 160 valence electrons. The van der Waals surface area contributed by atoms with Crippen molar-refractivity contribution in [3.05, 3.63) is 81.0 Å². The SMILES string of the molecule is CCc1cc2ncc(CN3CC=C(c4ccc(C(=O)NC)cc4F)CC3)cc2[nH]c1=O. The van der Waals surface area contributed by atoms with E-state index < -0.39 is 0 Å². The molecule has 0 aliphatic carbocycles. The van der Waals surface area contributed by atoms with E-state index in [-0.39, 0.29) is 17.3 Å². The number of pyridine rings is 2. The molecule has 0 bridgehead atoms. The number of carbonyl (C=O) groups excluding carboxylic acids is 1. The lowest BCUT2D eigenvalue weighted by Gasteiger charge is -2.26. The van der Waals surface area contributed by atoms with Gasteiger partial charge in [-0.2, -0.15) is 0 Å². The van der Waals surface area contributed by atoms with Crippen LogP contribution in [0.25, 0.3) is 16.6 Å². The van der Waals surface area contributed by atoms with E-state index in [9.17, 15) is 14.0 Å². The Morgan fingerprint density at radius 1 is 1.29 bits per heavy atom. The number of halogens is 1. The van der Waals surface area contributed by atoms with Crippen LogP contribution >= 0.6 is 0 Å². The molecule has 0 saturated carbocycles. The Bertz CT molecular complexity index is 1230. The summed E-state index contributed by atoms with van der Waals surface area (Å²) in [5.74, 6) is -0.680. The van der Waals surface area contributed by atoms with Gasteiger partial charge in [0.25, 0.3) is 11.5 Å². The van der Waals surface area contributed by atoms with Crippen molar-refractivity contribution < 1.29 is 9.18 Å². The van der Waals surface area contributed by atoms with Crippen molar-refractivity contribution in [1.82, 2.24) is 20.2 Å². The molecule has 1 amide bonds. The largest absolute Gasteiger partial charge is 0.355 e. The second kappa shape index (κ2) is 8.81. The number of amides is 1. The molecule has 1 aromatic carbocycles. The van der Waals surface area contributed by atoms with Crippen molar-refractivity contribution in [3.63, 3.8) is 0 Å². The van der Waals surface area contributed by atoms with Crippen LogP contribution in [0.3, 0.4) is 0 Å². The molecule has 4 rings (SSSR count). The van der Waals surface area contributed by atoms with Gasteiger partial charge in [-0.1, -0.05) is 19.1 Å². The first-order valence-corrected chi connectivity index (χ1v) is 10.4. The molecular formula is C24H25FN4O2. The Balaban J connectivity index is 1.47. The van der Waals surface area contributed by atoms with E-state index in [1.165, 1.54) is 13.1 Å². The molecule has 0 unspecified atom stereocenters. The van der Waals surface area contributed by atoms with Crippen LogP contribution in [0.4, 0.5) is 4.39 Å². The Hall–Kier alpha value is -3.32. The summed E-state index contributed by atoms with van der Waals surface area (Å²) >= 11 is 0.